The van der Waals surface area contributed by atoms with E-state index in [1.165, 1.54) is 0 Å². The first-order valence-electron chi connectivity index (χ1n) is 10.3. The van der Waals surface area contributed by atoms with Crippen molar-refractivity contribution in [3.8, 4) is 0 Å². The van der Waals surface area contributed by atoms with Gasteiger partial charge in [-0.1, -0.05) is 42.1 Å². The van der Waals surface area contributed by atoms with Crippen LogP contribution in [0.2, 0.25) is 0 Å². The Hall–Kier alpha value is -2.31. The molecule has 2 aromatic rings. The molecule has 1 aliphatic heterocycles. The molecule has 0 unspecified atom stereocenters. The fraction of sp³-hybridized carbons (Fsp3) is 0.391. The summed E-state index contributed by atoms with van der Waals surface area (Å²) in [5.74, 6) is 0.558. The van der Waals surface area contributed by atoms with E-state index in [2.05, 4.69) is 22.3 Å². The Morgan fingerprint density at radius 2 is 1.62 bits per heavy atom. The molecule has 29 heavy (non-hydrogen) atoms. The van der Waals surface area contributed by atoms with Crippen molar-refractivity contribution in [1.82, 2.24) is 9.80 Å². The molecule has 5 nitrogen and oxygen atoms in total. The van der Waals surface area contributed by atoms with Crippen LogP contribution in [0.1, 0.15) is 19.8 Å². The molecule has 2 fully saturated rings. The topological polar surface area (TPSA) is 52.7 Å². The summed E-state index contributed by atoms with van der Waals surface area (Å²) < 4.78 is 0. The zero-order chi connectivity index (χ0) is 20.2. The zero-order valence-electron chi connectivity index (χ0n) is 16.7. The Morgan fingerprint density at radius 1 is 0.966 bits per heavy atom. The van der Waals surface area contributed by atoms with Gasteiger partial charge in [-0.05, 0) is 44.0 Å². The van der Waals surface area contributed by atoms with E-state index in [9.17, 15) is 9.59 Å². The fourth-order valence-electron chi connectivity index (χ4n) is 3.60. The molecule has 0 bridgehead atoms. The van der Waals surface area contributed by atoms with Gasteiger partial charge in [0.25, 0.3) is 0 Å². The molecule has 1 atom stereocenters. The SMILES string of the molecule is C[C@H](C(=O)Nc1ccccc1Sc1ccccc1)N1CCN(C(=O)C2CC2)CC1. The number of nitrogens with one attached hydrogen (secondary N) is 1. The first kappa shape index (κ1) is 20.0. The predicted octanol–water partition coefficient (Wildman–Crippen LogP) is 3.72. The first-order valence-corrected chi connectivity index (χ1v) is 11.1. The number of hydrogen-bond acceptors (Lipinski definition) is 4. The van der Waals surface area contributed by atoms with Crippen LogP contribution in [0.25, 0.3) is 0 Å². The number of anilines is 1. The molecule has 6 heteroatoms. The first-order chi connectivity index (χ1) is 14.1. The molecule has 1 heterocycles. The monoisotopic (exact) mass is 409 g/mol. The molecule has 1 saturated heterocycles. The van der Waals surface area contributed by atoms with Crippen LogP contribution < -0.4 is 5.32 Å². The summed E-state index contributed by atoms with van der Waals surface area (Å²) in [5, 5.41) is 3.11. The van der Waals surface area contributed by atoms with Crippen LogP contribution >= 0.6 is 11.8 Å². The van der Waals surface area contributed by atoms with Crippen LogP contribution in [-0.2, 0) is 9.59 Å². The van der Waals surface area contributed by atoms with E-state index < -0.39 is 0 Å². The summed E-state index contributed by atoms with van der Waals surface area (Å²) in [6, 6.07) is 17.8. The van der Waals surface area contributed by atoms with Gasteiger partial charge in [0.1, 0.15) is 0 Å². The second-order valence-corrected chi connectivity index (χ2v) is 8.83. The summed E-state index contributed by atoms with van der Waals surface area (Å²) in [6.45, 7) is 4.86. The lowest BCUT2D eigenvalue weighted by Gasteiger charge is -2.37. The summed E-state index contributed by atoms with van der Waals surface area (Å²) >= 11 is 1.64. The van der Waals surface area contributed by atoms with E-state index in [4.69, 9.17) is 0 Å². The Morgan fingerprint density at radius 3 is 2.31 bits per heavy atom. The number of carbonyl (C=O) groups excluding carboxylic acids is 2. The maximum atomic E-state index is 12.9. The highest BCUT2D eigenvalue weighted by molar-refractivity contribution is 7.99. The summed E-state index contributed by atoms with van der Waals surface area (Å²) in [7, 11) is 0. The normalized spacial score (nSPS) is 18.3. The number of nitrogens with zero attached hydrogens (tertiary/aromatic N) is 2. The number of para-hydroxylation sites is 1. The van der Waals surface area contributed by atoms with Gasteiger partial charge in [0, 0.05) is 41.9 Å². The Kier molecular flexibility index (Phi) is 6.21. The van der Waals surface area contributed by atoms with Crippen molar-refractivity contribution >= 4 is 29.3 Å². The molecule has 0 spiro atoms. The van der Waals surface area contributed by atoms with Crippen molar-refractivity contribution < 1.29 is 9.59 Å². The molecule has 4 rings (SSSR count). The van der Waals surface area contributed by atoms with Gasteiger partial charge in [-0.2, -0.15) is 0 Å². The summed E-state index contributed by atoms with van der Waals surface area (Å²) in [6.07, 6.45) is 2.08. The van der Waals surface area contributed by atoms with E-state index in [0.717, 1.165) is 41.4 Å². The van der Waals surface area contributed by atoms with Gasteiger partial charge < -0.3 is 10.2 Å². The highest BCUT2D eigenvalue weighted by atomic mass is 32.2. The number of rotatable bonds is 6. The summed E-state index contributed by atoms with van der Waals surface area (Å²) in [4.78, 5) is 31.4. The third kappa shape index (κ3) is 5.00. The van der Waals surface area contributed by atoms with E-state index >= 15 is 0 Å². The van der Waals surface area contributed by atoms with Crippen LogP contribution in [0.4, 0.5) is 5.69 Å². The Labute approximate surface area is 176 Å². The number of amides is 2. The molecule has 2 aromatic carbocycles. The fourth-order valence-corrected chi connectivity index (χ4v) is 4.52. The molecule has 0 radical (unpaired) electrons. The largest absolute Gasteiger partial charge is 0.340 e. The number of carbonyl (C=O) groups is 2. The standard InChI is InChI=1S/C23H27N3O2S/c1-17(25-13-15-26(16-14-25)23(28)18-11-12-18)22(27)24-20-9-5-6-10-21(20)29-19-7-3-2-4-8-19/h2-10,17-18H,11-16H2,1H3,(H,24,27)/t17-/m1/s1. The lowest BCUT2D eigenvalue weighted by molar-refractivity contribution is -0.135. The van der Waals surface area contributed by atoms with E-state index in [1.54, 1.807) is 11.8 Å². The molecule has 152 valence electrons. The van der Waals surface area contributed by atoms with Gasteiger partial charge in [0.2, 0.25) is 11.8 Å². The number of hydrogen-bond donors (Lipinski definition) is 1. The van der Waals surface area contributed by atoms with Gasteiger partial charge in [-0.25, -0.2) is 0 Å². The van der Waals surface area contributed by atoms with Gasteiger partial charge in [0.15, 0.2) is 0 Å². The highest BCUT2D eigenvalue weighted by Gasteiger charge is 2.35. The van der Waals surface area contributed by atoms with Crippen molar-refractivity contribution in [2.24, 2.45) is 5.92 Å². The minimum Gasteiger partial charge on any atom is -0.340 e. The van der Waals surface area contributed by atoms with E-state index in [1.807, 2.05) is 54.3 Å². The van der Waals surface area contributed by atoms with Crippen molar-refractivity contribution in [3.05, 3.63) is 54.6 Å². The lowest BCUT2D eigenvalue weighted by Crippen LogP contribution is -2.54. The third-order valence-electron chi connectivity index (χ3n) is 5.60. The van der Waals surface area contributed by atoms with Crippen molar-refractivity contribution in [2.45, 2.75) is 35.6 Å². The second-order valence-electron chi connectivity index (χ2n) is 7.71. The van der Waals surface area contributed by atoms with Crippen molar-refractivity contribution in [3.63, 3.8) is 0 Å². The Bertz CT molecular complexity index is 861. The van der Waals surface area contributed by atoms with Gasteiger partial charge >= 0.3 is 0 Å². The zero-order valence-corrected chi connectivity index (χ0v) is 17.5. The van der Waals surface area contributed by atoms with Crippen molar-refractivity contribution in [2.75, 3.05) is 31.5 Å². The number of piperazine rings is 1. The lowest BCUT2D eigenvalue weighted by atomic mass is 10.2. The smallest absolute Gasteiger partial charge is 0.241 e. The quantitative estimate of drug-likeness (QED) is 0.790. The van der Waals surface area contributed by atoms with Crippen LogP contribution in [0.5, 0.6) is 0 Å². The molecule has 1 saturated carbocycles. The highest BCUT2D eigenvalue weighted by Crippen LogP contribution is 2.33. The molecular weight excluding hydrogens is 382 g/mol. The molecular formula is C23H27N3O2S. The minimum atomic E-state index is -0.233. The van der Waals surface area contributed by atoms with E-state index in [0.29, 0.717) is 19.0 Å². The maximum Gasteiger partial charge on any atom is 0.241 e. The molecule has 2 amide bonds. The summed E-state index contributed by atoms with van der Waals surface area (Å²) in [5.41, 5.74) is 0.834. The number of benzene rings is 2. The average molecular weight is 410 g/mol. The maximum absolute atomic E-state index is 12.9. The van der Waals surface area contributed by atoms with Gasteiger partial charge in [-0.15, -0.1) is 0 Å². The van der Waals surface area contributed by atoms with Crippen LogP contribution in [-0.4, -0.2) is 53.8 Å². The molecule has 0 aromatic heterocycles. The van der Waals surface area contributed by atoms with Crippen LogP contribution in [0, 0.1) is 5.92 Å². The van der Waals surface area contributed by atoms with Crippen LogP contribution in [0.15, 0.2) is 64.4 Å². The minimum absolute atomic E-state index is 0.00641. The predicted molar refractivity (Wildman–Crippen MR) is 116 cm³/mol. The average Bonchev–Trinajstić information content (AvgIpc) is 3.60. The van der Waals surface area contributed by atoms with Gasteiger partial charge in [-0.3, -0.25) is 14.5 Å². The molecule has 1 aliphatic carbocycles. The molecule has 2 aliphatic rings. The Balaban J connectivity index is 1.35. The van der Waals surface area contributed by atoms with E-state index in [-0.39, 0.29) is 17.9 Å². The second kappa shape index (κ2) is 9.01. The van der Waals surface area contributed by atoms with Crippen LogP contribution in [0.3, 0.4) is 0 Å². The van der Waals surface area contributed by atoms with Crippen molar-refractivity contribution in [1.29, 1.82) is 0 Å². The third-order valence-corrected chi connectivity index (χ3v) is 6.68. The molecule has 1 N–H and O–H groups in total. The van der Waals surface area contributed by atoms with Gasteiger partial charge in [0.05, 0.1) is 11.7 Å².